The molecule has 0 saturated heterocycles. The smallest absolute Gasteiger partial charge is 0.123 e. The first-order valence-electron chi connectivity index (χ1n) is 3.62. The van der Waals surface area contributed by atoms with Crippen molar-refractivity contribution in [2.24, 2.45) is 0 Å². The van der Waals surface area contributed by atoms with Crippen molar-refractivity contribution in [1.29, 1.82) is 0 Å². The van der Waals surface area contributed by atoms with E-state index in [1.807, 2.05) is 13.0 Å². The molecule has 0 fully saturated rings. The number of allylic oxidation sites excluding steroid dienone is 1. The van der Waals surface area contributed by atoms with Gasteiger partial charge in [-0.3, -0.25) is 0 Å². The Morgan fingerprint density at radius 3 is 2.36 bits per heavy atom. The highest BCUT2D eigenvalue weighted by Gasteiger charge is 1.98. The van der Waals surface area contributed by atoms with E-state index in [1.54, 1.807) is 12.1 Å². The summed E-state index contributed by atoms with van der Waals surface area (Å²) in [6.07, 6.45) is 1.84. The van der Waals surface area contributed by atoms with Crippen molar-refractivity contribution < 1.29 is 4.39 Å². The third-order valence-electron chi connectivity index (χ3n) is 1.75. The number of hydrogen-bond acceptors (Lipinski definition) is 0. The molecule has 58 valence electrons. The molecule has 0 aromatic heterocycles. The lowest BCUT2D eigenvalue weighted by Crippen LogP contribution is -1.87. The van der Waals surface area contributed by atoms with E-state index in [2.05, 4.69) is 6.58 Å². The van der Waals surface area contributed by atoms with Crippen molar-refractivity contribution in [1.82, 2.24) is 0 Å². The molecule has 0 bridgehead atoms. The number of halogens is 1. The van der Waals surface area contributed by atoms with Gasteiger partial charge in [-0.15, -0.1) is 6.58 Å². The van der Waals surface area contributed by atoms with Crippen LogP contribution in [0, 0.1) is 5.82 Å². The minimum Gasteiger partial charge on any atom is -0.207 e. The lowest BCUT2D eigenvalue weighted by Gasteiger charge is -2.04. The minimum absolute atomic E-state index is 0.190. The van der Waals surface area contributed by atoms with E-state index in [1.165, 1.54) is 12.1 Å². The predicted octanol–water partition coefficient (Wildman–Crippen LogP) is 3.12. The second-order valence-electron chi connectivity index (χ2n) is 2.58. The van der Waals surface area contributed by atoms with Gasteiger partial charge in [-0.05, 0) is 23.6 Å². The van der Waals surface area contributed by atoms with E-state index >= 15 is 0 Å². The van der Waals surface area contributed by atoms with E-state index in [9.17, 15) is 4.39 Å². The highest BCUT2D eigenvalue weighted by molar-refractivity contribution is 5.22. The molecule has 1 rings (SSSR count). The summed E-state index contributed by atoms with van der Waals surface area (Å²) in [5.41, 5.74) is 1.10. The van der Waals surface area contributed by atoms with E-state index in [0.717, 1.165) is 5.56 Å². The molecule has 0 aliphatic carbocycles. The number of hydrogen-bond donors (Lipinski definition) is 0. The molecule has 0 nitrogen and oxygen atoms in total. The number of benzene rings is 1. The molecule has 0 radical (unpaired) electrons. The van der Waals surface area contributed by atoms with Gasteiger partial charge in [0.05, 0.1) is 0 Å². The van der Waals surface area contributed by atoms with Gasteiger partial charge < -0.3 is 0 Å². The Bertz CT molecular complexity index is 236. The maximum atomic E-state index is 12.4. The quantitative estimate of drug-likeness (QED) is 0.568. The van der Waals surface area contributed by atoms with Crippen molar-refractivity contribution in [3.05, 3.63) is 48.3 Å². The van der Waals surface area contributed by atoms with Crippen LogP contribution in [0.25, 0.3) is 0 Å². The summed E-state index contributed by atoms with van der Waals surface area (Å²) < 4.78 is 12.4. The molecular formula is C10H11F. The molecule has 11 heavy (non-hydrogen) atoms. The molecule has 0 N–H and O–H groups in total. The van der Waals surface area contributed by atoms with Crippen LogP contribution in [-0.2, 0) is 0 Å². The highest BCUT2D eigenvalue weighted by Crippen LogP contribution is 2.15. The molecule has 0 spiro atoms. The van der Waals surface area contributed by atoms with Crippen molar-refractivity contribution in [3.8, 4) is 0 Å². The monoisotopic (exact) mass is 150 g/mol. The van der Waals surface area contributed by atoms with E-state index < -0.39 is 0 Å². The standard InChI is InChI=1S/C10H11F/c1-3-8(2)9-4-6-10(11)7-5-9/h3-8H,1H2,2H3/t8-/m0/s1. The van der Waals surface area contributed by atoms with Crippen molar-refractivity contribution >= 4 is 0 Å². The van der Waals surface area contributed by atoms with Crippen LogP contribution in [0.4, 0.5) is 4.39 Å². The Labute approximate surface area is 66.4 Å². The molecule has 0 heterocycles. The molecule has 1 aromatic carbocycles. The molecule has 1 atom stereocenters. The van der Waals surface area contributed by atoms with Crippen LogP contribution >= 0.6 is 0 Å². The Morgan fingerprint density at radius 2 is 1.91 bits per heavy atom. The fourth-order valence-electron chi connectivity index (χ4n) is 0.902. The van der Waals surface area contributed by atoms with Gasteiger partial charge in [0.15, 0.2) is 0 Å². The van der Waals surface area contributed by atoms with Gasteiger partial charge in [-0.25, -0.2) is 4.39 Å². The van der Waals surface area contributed by atoms with Gasteiger partial charge in [0.1, 0.15) is 5.82 Å². The van der Waals surface area contributed by atoms with Crippen LogP contribution in [0.5, 0.6) is 0 Å². The summed E-state index contributed by atoms with van der Waals surface area (Å²) in [6.45, 7) is 5.69. The fraction of sp³-hybridized carbons (Fsp3) is 0.200. The summed E-state index contributed by atoms with van der Waals surface area (Å²) in [5.74, 6) is 0.112. The predicted molar refractivity (Wildman–Crippen MR) is 45.0 cm³/mol. The second-order valence-corrected chi connectivity index (χ2v) is 2.58. The Hall–Kier alpha value is -1.11. The van der Waals surface area contributed by atoms with Crippen molar-refractivity contribution in [2.45, 2.75) is 12.8 Å². The lowest BCUT2D eigenvalue weighted by molar-refractivity contribution is 0.626. The maximum absolute atomic E-state index is 12.4. The summed E-state index contributed by atoms with van der Waals surface area (Å²) >= 11 is 0. The van der Waals surface area contributed by atoms with Crippen LogP contribution in [-0.4, -0.2) is 0 Å². The average Bonchev–Trinajstić information content (AvgIpc) is 2.05. The molecule has 0 saturated carbocycles. The largest absolute Gasteiger partial charge is 0.207 e. The summed E-state index contributed by atoms with van der Waals surface area (Å²) in [7, 11) is 0. The van der Waals surface area contributed by atoms with Gasteiger partial charge >= 0.3 is 0 Å². The molecule has 1 heteroatoms. The first-order chi connectivity index (χ1) is 5.24. The third-order valence-corrected chi connectivity index (χ3v) is 1.75. The molecule has 0 unspecified atom stereocenters. The zero-order chi connectivity index (χ0) is 8.27. The maximum Gasteiger partial charge on any atom is 0.123 e. The highest BCUT2D eigenvalue weighted by atomic mass is 19.1. The topological polar surface area (TPSA) is 0 Å². The Balaban J connectivity index is 2.89. The molecule has 0 amide bonds. The molecule has 0 aliphatic heterocycles. The number of rotatable bonds is 2. The summed E-state index contributed by atoms with van der Waals surface area (Å²) in [5, 5.41) is 0. The normalized spacial score (nSPS) is 12.5. The fourth-order valence-corrected chi connectivity index (χ4v) is 0.902. The summed E-state index contributed by atoms with van der Waals surface area (Å²) in [4.78, 5) is 0. The van der Waals surface area contributed by atoms with Crippen LogP contribution in [0.3, 0.4) is 0 Å². The molecule has 0 aliphatic rings. The molecular weight excluding hydrogens is 139 g/mol. The van der Waals surface area contributed by atoms with E-state index in [-0.39, 0.29) is 5.82 Å². The lowest BCUT2D eigenvalue weighted by atomic mass is 10.0. The van der Waals surface area contributed by atoms with Gasteiger partial charge in [-0.2, -0.15) is 0 Å². The zero-order valence-electron chi connectivity index (χ0n) is 6.55. The second kappa shape index (κ2) is 3.33. The van der Waals surface area contributed by atoms with Crippen molar-refractivity contribution in [2.75, 3.05) is 0 Å². The SMILES string of the molecule is C=C[C@H](C)c1ccc(F)cc1. The Morgan fingerprint density at radius 1 is 1.36 bits per heavy atom. The van der Waals surface area contributed by atoms with Crippen LogP contribution < -0.4 is 0 Å². The van der Waals surface area contributed by atoms with Crippen LogP contribution in [0.1, 0.15) is 18.4 Å². The van der Waals surface area contributed by atoms with Crippen molar-refractivity contribution in [3.63, 3.8) is 0 Å². The first kappa shape index (κ1) is 7.99. The minimum atomic E-state index is -0.190. The Kier molecular flexibility index (Phi) is 2.42. The first-order valence-corrected chi connectivity index (χ1v) is 3.62. The van der Waals surface area contributed by atoms with Gasteiger partial charge in [-0.1, -0.05) is 25.1 Å². The zero-order valence-corrected chi connectivity index (χ0v) is 6.55. The molecule has 1 aromatic rings. The van der Waals surface area contributed by atoms with Crippen LogP contribution in [0.15, 0.2) is 36.9 Å². The van der Waals surface area contributed by atoms with E-state index in [4.69, 9.17) is 0 Å². The average molecular weight is 150 g/mol. The van der Waals surface area contributed by atoms with Crippen LogP contribution in [0.2, 0.25) is 0 Å². The third kappa shape index (κ3) is 1.90. The van der Waals surface area contributed by atoms with Gasteiger partial charge in [0.25, 0.3) is 0 Å². The summed E-state index contributed by atoms with van der Waals surface area (Å²) in [6, 6.07) is 6.49. The van der Waals surface area contributed by atoms with Gasteiger partial charge in [0, 0.05) is 0 Å². The van der Waals surface area contributed by atoms with E-state index in [0.29, 0.717) is 5.92 Å². The van der Waals surface area contributed by atoms with Gasteiger partial charge in [0.2, 0.25) is 0 Å².